The second-order valence-corrected chi connectivity index (χ2v) is 4.64. The van der Waals surface area contributed by atoms with E-state index in [1.165, 1.54) is 4.90 Å². The minimum absolute atomic E-state index is 0.156. The number of halogens is 1. The molecular weight excluding hydrogens is 290 g/mol. The highest BCUT2D eigenvalue weighted by Crippen LogP contribution is 2.15. The molecule has 0 aromatic carbocycles. The van der Waals surface area contributed by atoms with Crippen LogP contribution in [-0.2, 0) is 9.53 Å². The number of morpholine rings is 1. The van der Waals surface area contributed by atoms with Crippen molar-refractivity contribution in [3.63, 3.8) is 0 Å². The SMILES string of the molecule is NC(=O)C1COCCN1C(=O)c1cc(Br)c[nH]1. The van der Waals surface area contributed by atoms with Gasteiger partial charge in [0.1, 0.15) is 11.7 Å². The minimum atomic E-state index is -0.696. The Balaban J connectivity index is 2.19. The molecule has 1 aliphatic heterocycles. The molecule has 6 nitrogen and oxygen atoms in total. The van der Waals surface area contributed by atoms with Crippen LogP contribution in [0.2, 0.25) is 0 Å². The normalized spacial score (nSPS) is 20.3. The lowest BCUT2D eigenvalue weighted by Gasteiger charge is -2.33. The Hall–Kier alpha value is -1.34. The molecule has 1 atom stereocenters. The van der Waals surface area contributed by atoms with Gasteiger partial charge in [0.2, 0.25) is 5.91 Å². The summed E-state index contributed by atoms with van der Waals surface area (Å²) >= 11 is 3.25. The average molecular weight is 302 g/mol. The summed E-state index contributed by atoms with van der Waals surface area (Å²) in [6, 6.07) is 0.967. The molecule has 0 bridgehead atoms. The van der Waals surface area contributed by atoms with E-state index in [2.05, 4.69) is 20.9 Å². The molecule has 92 valence electrons. The number of rotatable bonds is 2. The number of nitrogens with two attached hydrogens (primary N) is 1. The van der Waals surface area contributed by atoms with Crippen molar-refractivity contribution in [1.29, 1.82) is 0 Å². The van der Waals surface area contributed by atoms with Crippen molar-refractivity contribution in [3.05, 3.63) is 22.4 Å². The van der Waals surface area contributed by atoms with Crippen molar-refractivity contribution >= 4 is 27.7 Å². The van der Waals surface area contributed by atoms with Crippen LogP contribution in [0.1, 0.15) is 10.5 Å². The summed E-state index contributed by atoms with van der Waals surface area (Å²) in [6.07, 6.45) is 1.66. The summed E-state index contributed by atoms with van der Waals surface area (Å²) in [4.78, 5) is 27.6. The monoisotopic (exact) mass is 301 g/mol. The standard InChI is InChI=1S/C10H12BrN3O3/c11-6-3-7(13-4-6)10(16)14-1-2-17-5-8(14)9(12)15/h3-4,8,13H,1-2,5H2,(H2,12,15). The first-order chi connectivity index (χ1) is 8.09. The molecule has 2 amide bonds. The predicted octanol–water partition coefficient (Wildman–Crippen LogP) is 0.104. The summed E-state index contributed by atoms with van der Waals surface area (Å²) in [6.45, 7) is 0.934. The zero-order valence-electron chi connectivity index (χ0n) is 8.98. The number of H-pyrrole nitrogens is 1. The Morgan fingerprint density at radius 1 is 1.59 bits per heavy atom. The van der Waals surface area contributed by atoms with Crippen LogP contribution >= 0.6 is 15.9 Å². The van der Waals surface area contributed by atoms with Gasteiger partial charge in [0, 0.05) is 17.2 Å². The molecule has 1 aromatic rings. The van der Waals surface area contributed by atoms with E-state index in [1.807, 2.05) is 0 Å². The highest BCUT2D eigenvalue weighted by molar-refractivity contribution is 9.10. The third kappa shape index (κ3) is 2.50. The molecule has 1 unspecified atom stereocenters. The van der Waals surface area contributed by atoms with Crippen LogP contribution in [0.5, 0.6) is 0 Å². The largest absolute Gasteiger partial charge is 0.377 e. The van der Waals surface area contributed by atoms with E-state index in [1.54, 1.807) is 12.3 Å². The number of hydrogen-bond acceptors (Lipinski definition) is 3. The van der Waals surface area contributed by atoms with E-state index >= 15 is 0 Å². The maximum absolute atomic E-state index is 12.1. The summed E-state index contributed by atoms with van der Waals surface area (Å²) in [5.74, 6) is -0.800. The number of primary amides is 1. The van der Waals surface area contributed by atoms with E-state index in [0.29, 0.717) is 18.8 Å². The Labute approximate surface area is 106 Å². The zero-order chi connectivity index (χ0) is 12.4. The quantitative estimate of drug-likeness (QED) is 0.812. The Bertz CT molecular complexity index is 446. The van der Waals surface area contributed by atoms with Gasteiger partial charge in [-0.15, -0.1) is 0 Å². The number of hydrogen-bond donors (Lipinski definition) is 2. The third-order valence-corrected chi connectivity index (χ3v) is 3.05. The molecule has 1 aliphatic rings. The van der Waals surface area contributed by atoms with Crippen LogP contribution in [-0.4, -0.2) is 47.5 Å². The van der Waals surface area contributed by atoms with Crippen molar-refractivity contribution in [3.8, 4) is 0 Å². The highest BCUT2D eigenvalue weighted by atomic mass is 79.9. The number of carbonyl (C=O) groups is 2. The number of aromatic nitrogens is 1. The Morgan fingerprint density at radius 2 is 2.35 bits per heavy atom. The fraction of sp³-hybridized carbons (Fsp3) is 0.400. The van der Waals surface area contributed by atoms with Gasteiger partial charge in [0.15, 0.2) is 0 Å². The van der Waals surface area contributed by atoms with E-state index in [-0.39, 0.29) is 12.5 Å². The smallest absolute Gasteiger partial charge is 0.271 e. The molecule has 2 heterocycles. The molecule has 7 heteroatoms. The lowest BCUT2D eigenvalue weighted by molar-refractivity contribution is -0.127. The maximum Gasteiger partial charge on any atom is 0.271 e. The van der Waals surface area contributed by atoms with E-state index < -0.39 is 11.9 Å². The van der Waals surface area contributed by atoms with Crippen LogP contribution in [0.15, 0.2) is 16.7 Å². The second kappa shape index (κ2) is 4.89. The number of ether oxygens (including phenoxy) is 1. The number of aromatic amines is 1. The number of nitrogens with zero attached hydrogens (tertiary/aromatic N) is 1. The Kier molecular flexibility index (Phi) is 3.49. The molecule has 0 spiro atoms. The number of amides is 2. The molecule has 1 aromatic heterocycles. The second-order valence-electron chi connectivity index (χ2n) is 3.72. The van der Waals surface area contributed by atoms with Crippen molar-refractivity contribution in [1.82, 2.24) is 9.88 Å². The zero-order valence-corrected chi connectivity index (χ0v) is 10.6. The highest BCUT2D eigenvalue weighted by Gasteiger charge is 2.32. The molecule has 0 aliphatic carbocycles. The molecule has 0 radical (unpaired) electrons. The lowest BCUT2D eigenvalue weighted by Crippen LogP contribution is -2.54. The maximum atomic E-state index is 12.1. The summed E-state index contributed by atoms with van der Waals surface area (Å²) in [7, 11) is 0. The van der Waals surface area contributed by atoms with Crippen LogP contribution < -0.4 is 5.73 Å². The first-order valence-corrected chi connectivity index (χ1v) is 5.91. The van der Waals surface area contributed by atoms with Crippen molar-refractivity contribution in [2.45, 2.75) is 6.04 Å². The molecule has 2 rings (SSSR count). The fourth-order valence-corrected chi connectivity index (χ4v) is 2.07. The van der Waals surface area contributed by atoms with Gasteiger partial charge in [-0.2, -0.15) is 0 Å². The van der Waals surface area contributed by atoms with Gasteiger partial charge in [0.05, 0.1) is 13.2 Å². The molecule has 1 fully saturated rings. The summed E-state index contributed by atoms with van der Waals surface area (Å²) in [5, 5.41) is 0. The van der Waals surface area contributed by atoms with Crippen LogP contribution in [0, 0.1) is 0 Å². The van der Waals surface area contributed by atoms with E-state index in [0.717, 1.165) is 4.47 Å². The molecule has 1 saturated heterocycles. The molecule has 0 saturated carbocycles. The van der Waals surface area contributed by atoms with Gasteiger partial charge in [-0.05, 0) is 22.0 Å². The minimum Gasteiger partial charge on any atom is -0.377 e. The Morgan fingerprint density at radius 3 is 2.94 bits per heavy atom. The van der Waals surface area contributed by atoms with Gasteiger partial charge < -0.3 is 20.4 Å². The topological polar surface area (TPSA) is 88.4 Å². The van der Waals surface area contributed by atoms with E-state index in [9.17, 15) is 9.59 Å². The summed E-state index contributed by atoms with van der Waals surface area (Å²) < 4.78 is 5.93. The van der Waals surface area contributed by atoms with Gasteiger partial charge >= 0.3 is 0 Å². The predicted molar refractivity (Wildman–Crippen MR) is 63.3 cm³/mol. The number of nitrogens with one attached hydrogen (secondary N) is 1. The van der Waals surface area contributed by atoms with Crippen molar-refractivity contribution in [2.24, 2.45) is 5.73 Å². The molecule has 17 heavy (non-hydrogen) atoms. The van der Waals surface area contributed by atoms with Crippen LogP contribution in [0.3, 0.4) is 0 Å². The number of carbonyl (C=O) groups excluding carboxylic acids is 2. The van der Waals surface area contributed by atoms with Gasteiger partial charge in [-0.3, -0.25) is 9.59 Å². The van der Waals surface area contributed by atoms with Crippen LogP contribution in [0.4, 0.5) is 0 Å². The summed E-state index contributed by atoms with van der Waals surface area (Å²) in [5.41, 5.74) is 5.67. The fourth-order valence-electron chi connectivity index (χ4n) is 1.73. The lowest BCUT2D eigenvalue weighted by atomic mass is 10.2. The molecular formula is C10H12BrN3O3. The van der Waals surface area contributed by atoms with Gasteiger partial charge in [0.25, 0.3) is 5.91 Å². The van der Waals surface area contributed by atoms with E-state index in [4.69, 9.17) is 10.5 Å². The molecule has 3 N–H and O–H groups in total. The van der Waals surface area contributed by atoms with Crippen molar-refractivity contribution in [2.75, 3.05) is 19.8 Å². The van der Waals surface area contributed by atoms with Crippen LogP contribution in [0.25, 0.3) is 0 Å². The average Bonchev–Trinajstić information content (AvgIpc) is 2.75. The first-order valence-electron chi connectivity index (χ1n) is 5.11. The first kappa shape index (κ1) is 12.1. The van der Waals surface area contributed by atoms with Crippen molar-refractivity contribution < 1.29 is 14.3 Å². The third-order valence-electron chi connectivity index (χ3n) is 2.60. The van der Waals surface area contributed by atoms with Gasteiger partial charge in [-0.1, -0.05) is 0 Å². The van der Waals surface area contributed by atoms with Gasteiger partial charge in [-0.25, -0.2) is 0 Å².